The highest BCUT2D eigenvalue weighted by Crippen LogP contribution is 2.37. The molecule has 7 aromatic carbocycles. The third-order valence-corrected chi connectivity index (χ3v) is 9.31. The topological polar surface area (TPSA) is 51.8 Å². The van der Waals surface area contributed by atoms with Crippen LogP contribution in [0, 0.1) is 6.92 Å². The molecule has 236 valence electrons. The summed E-state index contributed by atoms with van der Waals surface area (Å²) < 4.78 is 6.18. The molecule has 9 rings (SSSR count). The van der Waals surface area contributed by atoms with Crippen molar-refractivity contribution in [1.29, 1.82) is 0 Å². The average molecular weight is 642 g/mol. The summed E-state index contributed by atoms with van der Waals surface area (Å²) in [4.78, 5) is 15.4. The van der Waals surface area contributed by atoms with Crippen molar-refractivity contribution >= 4 is 44.4 Å². The summed E-state index contributed by atoms with van der Waals surface area (Å²) in [5.41, 5.74) is 10.1. The van der Waals surface area contributed by atoms with E-state index in [0.717, 1.165) is 66.3 Å². The molecule has 0 N–H and O–H groups in total. The van der Waals surface area contributed by atoms with Crippen molar-refractivity contribution < 1.29 is 4.42 Å². The Morgan fingerprint density at radius 1 is 0.520 bits per heavy atom. The predicted octanol–water partition coefficient (Wildman–Crippen LogP) is 11.8. The quantitative estimate of drug-likeness (QED) is 0.170. The highest BCUT2D eigenvalue weighted by molar-refractivity contribution is 6.12. The van der Waals surface area contributed by atoms with Gasteiger partial charge in [0.05, 0.1) is 0 Å². The Morgan fingerprint density at radius 2 is 1.18 bits per heavy atom. The zero-order chi connectivity index (χ0) is 33.4. The molecule has 0 atom stereocenters. The van der Waals surface area contributed by atoms with Crippen LogP contribution in [-0.4, -0.2) is 15.0 Å². The lowest BCUT2D eigenvalue weighted by Crippen LogP contribution is -2.04. The van der Waals surface area contributed by atoms with E-state index in [2.05, 4.69) is 146 Å². The summed E-state index contributed by atoms with van der Waals surface area (Å²) in [7, 11) is 0. The molecule has 0 bridgehead atoms. The van der Waals surface area contributed by atoms with E-state index in [-0.39, 0.29) is 0 Å². The number of fused-ring (bicyclic) bond motifs is 4. The highest BCUT2D eigenvalue weighted by Gasteiger charge is 2.17. The smallest absolute Gasteiger partial charge is 0.164 e. The summed E-state index contributed by atoms with van der Waals surface area (Å²) in [6.45, 7) is 2.13. The van der Waals surface area contributed by atoms with Gasteiger partial charge in [-0.05, 0) is 69.8 Å². The van der Waals surface area contributed by atoms with E-state index in [4.69, 9.17) is 19.4 Å². The largest absolute Gasteiger partial charge is 0.456 e. The third kappa shape index (κ3) is 5.43. The van der Waals surface area contributed by atoms with Crippen LogP contribution < -0.4 is 0 Å². The second kappa shape index (κ2) is 12.4. The van der Waals surface area contributed by atoms with Gasteiger partial charge in [-0.25, -0.2) is 15.0 Å². The fourth-order valence-electron chi connectivity index (χ4n) is 6.70. The summed E-state index contributed by atoms with van der Waals surface area (Å²) in [6, 6.07) is 56.4. The molecule has 9 aromatic rings. The fraction of sp³-hybridized carbons (Fsp3) is 0.0217. The van der Waals surface area contributed by atoms with Gasteiger partial charge >= 0.3 is 0 Å². The first-order valence-corrected chi connectivity index (χ1v) is 16.8. The summed E-state index contributed by atoms with van der Waals surface area (Å²) in [6.07, 6.45) is 2.19. The van der Waals surface area contributed by atoms with Crippen molar-refractivity contribution in [2.24, 2.45) is 0 Å². The first-order chi connectivity index (χ1) is 24.7. The van der Waals surface area contributed by atoms with E-state index in [0.29, 0.717) is 17.5 Å². The average Bonchev–Trinajstić information content (AvgIpc) is 3.57. The molecule has 0 spiro atoms. The second-order valence-electron chi connectivity index (χ2n) is 12.5. The Morgan fingerprint density at radius 3 is 2.02 bits per heavy atom. The summed E-state index contributed by atoms with van der Waals surface area (Å²) in [5, 5.41) is 4.53. The van der Waals surface area contributed by atoms with Crippen LogP contribution in [0.25, 0.3) is 78.3 Å². The van der Waals surface area contributed by atoms with Gasteiger partial charge in [-0.2, -0.15) is 0 Å². The minimum atomic E-state index is 0.614. The van der Waals surface area contributed by atoms with Crippen molar-refractivity contribution in [2.75, 3.05) is 0 Å². The lowest BCUT2D eigenvalue weighted by Gasteiger charge is -2.13. The Balaban J connectivity index is 1.22. The van der Waals surface area contributed by atoms with Crippen LogP contribution in [0.2, 0.25) is 0 Å². The van der Waals surface area contributed by atoms with Crippen LogP contribution in [0.1, 0.15) is 22.5 Å². The lowest BCUT2D eigenvalue weighted by molar-refractivity contribution is 0.669. The first kappa shape index (κ1) is 29.5. The SMILES string of the molecule is Cc1ccccc1/C=C(\c1ccccc1)c1nc(-c2ccc(-c3cccc4oc5ccccc5c34)cc2)nc(-c2ccc3ccccc3c2)n1. The Hall–Kier alpha value is -6.65. The van der Waals surface area contributed by atoms with Crippen molar-refractivity contribution in [2.45, 2.75) is 6.92 Å². The summed E-state index contributed by atoms with van der Waals surface area (Å²) in [5.74, 6) is 1.86. The van der Waals surface area contributed by atoms with Crippen LogP contribution in [0.15, 0.2) is 168 Å². The van der Waals surface area contributed by atoms with Gasteiger partial charge < -0.3 is 4.42 Å². The number of benzene rings is 7. The van der Waals surface area contributed by atoms with Crippen molar-refractivity contribution in [1.82, 2.24) is 15.0 Å². The number of hydrogen-bond acceptors (Lipinski definition) is 4. The molecule has 2 aromatic heterocycles. The van der Waals surface area contributed by atoms with Gasteiger partial charge in [-0.15, -0.1) is 0 Å². The van der Waals surface area contributed by atoms with Crippen molar-refractivity contribution in [3.63, 3.8) is 0 Å². The van der Waals surface area contributed by atoms with Gasteiger partial charge in [-0.3, -0.25) is 0 Å². The number of para-hydroxylation sites is 1. The van der Waals surface area contributed by atoms with Crippen molar-refractivity contribution in [3.05, 3.63) is 186 Å². The minimum Gasteiger partial charge on any atom is -0.456 e. The standard InChI is InChI=1S/C46H31N3O/c1-30-12-5-6-16-35(30)29-40(32-14-3-2-4-15-32)46-48-44(47-45(49-46)37-27-22-31-13-7-8-17-36(31)28-37)34-25-23-33(24-26-34)38-19-11-21-42-43(38)39-18-9-10-20-41(39)50-42/h2-29H,1H3/b40-29+. The van der Waals surface area contributed by atoms with Crippen molar-refractivity contribution in [3.8, 4) is 33.9 Å². The maximum absolute atomic E-state index is 6.18. The van der Waals surface area contributed by atoms with E-state index in [1.807, 2.05) is 30.3 Å². The molecule has 0 unspecified atom stereocenters. The molecule has 0 aliphatic heterocycles. The van der Waals surface area contributed by atoms with E-state index >= 15 is 0 Å². The number of aryl methyl sites for hydroxylation is 1. The second-order valence-corrected chi connectivity index (χ2v) is 12.5. The van der Waals surface area contributed by atoms with Gasteiger partial charge in [0, 0.05) is 27.5 Å². The molecular formula is C46H31N3O. The molecule has 0 aliphatic carbocycles. The molecule has 0 saturated carbocycles. The fourth-order valence-corrected chi connectivity index (χ4v) is 6.70. The van der Waals surface area contributed by atoms with Crippen LogP contribution >= 0.6 is 0 Å². The molecule has 2 heterocycles. The number of hydrogen-bond donors (Lipinski definition) is 0. The van der Waals surface area contributed by atoms with Gasteiger partial charge in [0.1, 0.15) is 11.2 Å². The molecule has 0 amide bonds. The molecule has 0 aliphatic rings. The van der Waals surface area contributed by atoms with E-state index < -0.39 is 0 Å². The summed E-state index contributed by atoms with van der Waals surface area (Å²) >= 11 is 0. The zero-order valence-electron chi connectivity index (χ0n) is 27.4. The van der Waals surface area contributed by atoms with Crippen LogP contribution in [0.4, 0.5) is 0 Å². The van der Waals surface area contributed by atoms with Gasteiger partial charge in [0.25, 0.3) is 0 Å². The molecular weight excluding hydrogens is 611 g/mol. The van der Waals surface area contributed by atoms with Crippen LogP contribution in [0.5, 0.6) is 0 Å². The Labute approximate surface area is 290 Å². The number of aromatic nitrogens is 3. The number of furan rings is 1. The molecule has 0 fully saturated rings. The maximum atomic E-state index is 6.18. The molecule has 50 heavy (non-hydrogen) atoms. The lowest BCUT2D eigenvalue weighted by atomic mass is 9.98. The molecule has 0 radical (unpaired) electrons. The maximum Gasteiger partial charge on any atom is 0.164 e. The Kier molecular flexibility index (Phi) is 7.33. The van der Waals surface area contributed by atoms with Crippen LogP contribution in [0.3, 0.4) is 0 Å². The van der Waals surface area contributed by atoms with E-state index in [9.17, 15) is 0 Å². The van der Waals surface area contributed by atoms with Gasteiger partial charge in [-0.1, -0.05) is 146 Å². The first-order valence-electron chi connectivity index (χ1n) is 16.8. The number of nitrogens with zero attached hydrogens (tertiary/aromatic N) is 3. The molecule has 4 nitrogen and oxygen atoms in total. The van der Waals surface area contributed by atoms with E-state index in [1.165, 1.54) is 10.9 Å². The Bertz CT molecular complexity index is 2710. The van der Waals surface area contributed by atoms with Gasteiger partial charge in [0.2, 0.25) is 0 Å². The predicted molar refractivity (Wildman–Crippen MR) is 206 cm³/mol. The highest BCUT2D eigenvalue weighted by atomic mass is 16.3. The number of rotatable bonds is 6. The zero-order valence-corrected chi connectivity index (χ0v) is 27.4. The molecule has 0 saturated heterocycles. The minimum absolute atomic E-state index is 0.614. The molecule has 4 heteroatoms. The van der Waals surface area contributed by atoms with Gasteiger partial charge in [0.15, 0.2) is 17.5 Å². The third-order valence-electron chi connectivity index (χ3n) is 9.31. The monoisotopic (exact) mass is 641 g/mol. The van der Waals surface area contributed by atoms with Crippen LogP contribution in [-0.2, 0) is 0 Å². The van der Waals surface area contributed by atoms with E-state index in [1.54, 1.807) is 0 Å². The normalized spacial score (nSPS) is 11.8.